The number of ether oxygens (including phenoxy) is 1. The SMILES string of the molecule is CC(C)(C)Cc1ccccc1OC(=O)c1ccccc1O. The third kappa shape index (κ3) is 4.09. The molecule has 0 bridgehead atoms. The normalized spacial score (nSPS) is 11.2. The lowest BCUT2D eigenvalue weighted by Crippen LogP contribution is -2.13. The van der Waals surface area contributed by atoms with Crippen molar-refractivity contribution < 1.29 is 14.6 Å². The van der Waals surface area contributed by atoms with Gasteiger partial charge in [-0.25, -0.2) is 4.79 Å². The van der Waals surface area contributed by atoms with Crippen molar-refractivity contribution in [1.29, 1.82) is 0 Å². The molecule has 1 N–H and O–H groups in total. The summed E-state index contributed by atoms with van der Waals surface area (Å²) in [4.78, 5) is 12.2. The Bertz CT molecular complexity index is 639. The van der Waals surface area contributed by atoms with E-state index in [0.717, 1.165) is 12.0 Å². The van der Waals surface area contributed by atoms with Gasteiger partial charge in [0.1, 0.15) is 17.1 Å². The monoisotopic (exact) mass is 284 g/mol. The predicted molar refractivity (Wildman–Crippen MR) is 82.7 cm³/mol. The number of para-hydroxylation sites is 2. The van der Waals surface area contributed by atoms with E-state index in [0.29, 0.717) is 5.75 Å². The van der Waals surface area contributed by atoms with Crippen molar-refractivity contribution in [2.45, 2.75) is 27.2 Å². The predicted octanol–water partition coefficient (Wildman–Crippen LogP) is 4.20. The van der Waals surface area contributed by atoms with Crippen LogP contribution >= 0.6 is 0 Å². The Kier molecular flexibility index (Phi) is 4.32. The van der Waals surface area contributed by atoms with E-state index in [9.17, 15) is 9.90 Å². The van der Waals surface area contributed by atoms with Crippen molar-refractivity contribution in [2.75, 3.05) is 0 Å². The van der Waals surface area contributed by atoms with Gasteiger partial charge in [0.2, 0.25) is 0 Å². The number of esters is 1. The lowest BCUT2D eigenvalue weighted by Gasteiger charge is -2.20. The van der Waals surface area contributed by atoms with Crippen LogP contribution in [0.4, 0.5) is 0 Å². The molecule has 110 valence electrons. The van der Waals surface area contributed by atoms with Crippen molar-refractivity contribution in [1.82, 2.24) is 0 Å². The van der Waals surface area contributed by atoms with Crippen LogP contribution in [0.2, 0.25) is 0 Å². The smallest absolute Gasteiger partial charge is 0.347 e. The van der Waals surface area contributed by atoms with E-state index < -0.39 is 5.97 Å². The van der Waals surface area contributed by atoms with Gasteiger partial charge in [0, 0.05) is 0 Å². The Morgan fingerprint density at radius 1 is 1.05 bits per heavy atom. The average molecular weight is 284 g/mol. The molecule has 0 radical (unpaired) electrons. The summed E-state index contributed by atoms with van der Waals surface area (Å²) < 4.78 is 5.46. The fourth-order valence-electron chi connectivity index (χ4n) is 2.12. The largest absolute Gasteiger partial charge is 0.507 e. The second-order valence-corrected chi connectivity index (χ2v) is 6.25. The van der Waals surface area contributed by atoms with Crippen molar-refractivity contribution in [3.63, 3.8) is 0 Å². The maximum Gasteiger partial charge on any atom is 0.347 e. The molecule has 21 heavy (non-hydrogen) atoms. The molecule has 0 aliphatic carbocycles. The lowest BCUT2D eigenvalue weighted by molar-refractivity contribution is 0.0729. The molecule has 0 saturated heterocycles. The molecule has 0 amide bonds. The van der Waals surface area contributed by atoms with Gasteiger partial charge in [0.25, 0.3) is 0 Å². The molecular weight excluding hydrogens is 264 g/mol. The fourth-order valence-corrected chi connectivity index (χ4v) is 2.12. The van der Waals surface area contributed by atoms with Gasteiger partial charge < -0.3 is 9.84 Å². The zero-order chi connectivity index (χ0) is 15.5. The highest BCUT2D eigenvalue weighted by atomic mass is 16.5. The number of phenolic OH excluding ortho intramolecular Hbond substituents is 1. The van der Waals surface area contributed by atoms with Crippen LogP contribution in [0, 0.1) is 5.41 Å². The molecule has 0 atom stereocenters. The van der Waals surface area contributed by atoms with E-state index in [1.54, 1.807) is 24.3 Å². The molecule has 2 aromatic rings. The number of rotatable bonds is 3. The summed E-state index contributed by atoms with van der Waals surface area (Å²) in [5.74, 6) is -0.0778. The van der Waals surface area contributed by atoms with Crippen molar-refractivity contribution in [3.8, 4) is 11.5 Å². The third-order valence-electron chi connectivity index (χ3n) is 3.02. The molecule has 0 fully saturated rings. The highest BCUT2D eigenvalue weighted by Gasteiger charge is 2.18. The van der Waals surface area contributed by atoms with Gasteiger partial charge in [-0.1, -0.05) is 51.1 Å². The third-order valence-corrected chi connectivity index (χ3v) is 3.02. The number of carbonyl (C=O) groups is 1. The number of aromatic hydroxyl groups is 1. The Morgan fingerprint density at radius 2 is 1.67 bits per heavy atom. The van der Waals surface area contributed by atoms with Crippen LogP contribution in [0.25, 0.3) is 0 Å². The molecule has 3 nitrogen and oxygen atoms in total. The van der Waals surface area contributed by atoms with Crippen molar-refractivity contribution in [2.24, 2.45) is 5.41 Å². The Hall–Kier alpha value is -2.29. The first-order valence-electron chi connectivity index (χ1n) is 6.95. The zero-order valence-corrected chi connectivity index (χ0v) is 12.6. The van der Waals surface area contributed by atoms with Gasteiger partial charge in [0.05, 0.1) is 0 Å². The van der Waals surface area contributed by atoms with Gasteiger partial charge in [-0.05, 0) is 35.6 Å². The van der Waals surface area contributed by atoms with Gasteiger partial charge in [-0.15, -0.1) is 0 Å². The molecule has 0 aliphatic heterocycles. The second kappa shape index (κ2) is 6.00. The molecule has 0 aromatic heterocycles. The molecule has 2 aromatic carbocycles. The van der Waals surface area contributed by atoms with Gasteiger partial charge in [-0.2, -0.15) is 0 Å². The summed E-state index contributed by atoms with van der Waals surface area (Å²) in [5.41, 5.74) is 1.24. The van der Waals surface area contributed by atoms with Crippen LogP contribution in [0.3, 0.4) is 0 Å². The van der Waals surface area contributed by atoms with Crippen molar-refractivity contribution >= 4 is 5.97 Å². The first kappa shape index (κ1) is 15.1. The van der Waals surface area contributed by atoms with Gasteiger partial charge in [0.15, 0.2) is 0 Å². The van der Waals surface area contributed by atoms with E-state index >= 15 is 0 Å². The Morgan fingerprint density at radius 3 is 2.33 bits per heavy atom. The van der Waals surface area contributed by atoms with Crippen LogP contribution < -0.4 is 4.74 Å². The minimum Gasteiger partial charge on any atom is -0.507 e. The van der Waals surface area contributed by atoms with E-state index in [1.807, 2.05) is 18.2 Å². The Balaban J connectivity index is 2.24. The minimum absolute atomic E-state index is 0.0733. The number of hydrogen-bond donors (Lipinski definition) is 1. The highest BCUT2D eigenvalue weighted by Crippen LogP contribution is 2.28. The summed E-state index contributed by atoms with van der Waals surface area (Å²) >= 11 is 0. The van der Waals surface area contributed by atoms with Crippen molar-refractivity contribution in [3.05, 3.63) is 59.7 Å². The zero-order valence-electron chi connectivity index (χ0n) is 12.6. The topological polar surface area (TPSA) is 46.5 Å². The quantitative estimate of drug-likeness (QED) is 0.678. The maximum absolute atomic E-state index is 12.2. The Labute approximate surface area is 125 Å². The molecule has 0 spiro atoms. The molecular formula is C18H20O3. The first-order chi connectivity index (χ1) is 9.87. The summed E-state index contributed by atoms with van der Waals surface area (Å²) in [6, 6.07) is 13.9. The van der Waals surface area contributed by atoms with Crippen LogP contribution in [-0.4, -0.2) is 11.1 Å². The number of phenols is 1. The number of benzene rings is 2. The molecule has 0 aliphatic rings. The minimum atomic E-state index is -0.547. The lowest BCUT2D eigenvalue weighted by atomic mass is 9.88. The molecule has 0 unspecified atom stereocenters. The molecule has 0 heterocycles. The van der Waals surface area contributed by atoms with E-state index in [-0.39, 0.29) is 16.7 Å². The molecule has 2 rings (SSSR count). The van der Waals surface area contributed by atoms with Gasteiger partial charge >= 0.3 is 5.97 Å². The summed E-state index contributed by atoms with van der Waals surface area (Å²) in [6.07, 6.45) is 0.803. The molecule has 0 saturated carbocycles. The van der Waals surface area contributed by atoms with Gasteiger partial charge in [-0.3, -0.25) is 0 Å². The first-order valence-corrected chi connectivity index (χ1v) is 6.95. The summed E-state index contributed by atoms with van der Waals surface area (Å²) in [5, 5.41) is 9.71. The van der Waals surface area contributed by atoms with E-state index in [4.69, 9.17) is 4.74 Å². The summed E-state index contributed by atoms with van der Waals surface area (Å²) in [6.45, 7) is 6.40. The number of hydrogen-bond acceptors (Lipinski definition) is 3. The average Bonchev–Trinajstić information content (AvgIpc) is 2.40. The number of carbonyl (C=O) groups excluding carboxylic acids is 1. The second-order valence-electron chi connectivity index (χ2n) is 6.25. The maximum atomic E-state index is 12.2. The van der Waals surface area contributed by atoms with Crippen LogP contribution in [0.1, 0.15) is 36.7 Å². The van der Waals surface area contributed by atoms with Crippen LogP contribution in [-0.2, 0) is 6.42 Å². The summed E-state index contributed by atoms with van der Waals surface area (Å²) in [7, 11) is 0. The highest BCUT2D eigenvalue weighted by molar-refractivity contribution is 5.93. The van der Waals surface area contributed by atoms with E-state index in [2.05, 4.69) is 20.8 Å². The van der Waals surface area contributed by atoms with E-state index in [1.165, 1.54) is 6.07 Å². The fraction of sp³-hybridized carbons (Fsp3) is 0.278. The van der Waals surface area contributed by atoms with Crippen LogP contribution in [0.5, 0.6) is 11.5 Å². The standard InChI is InChI=1S/C18H20O3/c1-18(2,3)12-13-8-4-7-11-16(13)21-17(20)14-9-5-6-10-15(14)19/h4-11,19H,12H2,1-3H3. The van der Waals surface area contributed by atoms with Crippen LogP contribution in [0.15, 0.2) is 48.5 Å². The molecule has 3 heteroatoms.